The molecule has 1 aromatic heterocycles. The summed E-state index contributed by atoms with van der Waals surface area (Å²) in [6.07, 6.45) is 0. The van der Waals surface area contributed by atoms with Crippen LogP contribution < -0.4 is 0 Å². The number of carbonyl (C=O) groups is 1. The highest BCUT2D eigenvalue weighted by Crippen LogP contribution is 2.26. The van der Waals surface area contributed by atoms with Gasteiger partial charge in [0.05, 0.1) is 0 Å². The van der Waals surface area contributed by atoms with Gasteiger partial charge in [-0.3, -0.25) is 0 Å². The van der Waals surface area contributed by atoms with Gasteiger partial charge >= 0.3 is 5.97 Å². The Labute approximate surface area is 110 Å². The Morgan fingerprint density at radius 1 is 1.32 bits per heavy atom. The number of carboxylic acid groups (broad SMARTS) is 1. The fourth-order valence-corrected chi connectivity index (χ4v) is 2.09. The van der Waals surface area contributed by atoms with Crippen molar-refractivity contribution in [2.45, 2.75) is 19.8 Å². The van der Waals surface area contributed by atoms with Crippen LogP contribution in [0.2, 0.25) is 0 Å². The number of carboxylic acids is 1. The zero-order chi connectivity index (χ0) is 14.2. The molecule has 0 amide bonds. The first-order valence-electron chi connectivity index (χ1n) is 5.97. The summed E-state index contributed by atoms with van der Waals surface area (Å²) < 4.78 is 14.5. The molecule has 0 radical (unpaired) electrons. The summed E-state index contributed by atoms with van der Waals surface area (Å²) in [7, 11) is 1.68. The highest BCUT2D eigenvalue weighted by molar-refractivity contribution is 5.93. The van der Waals surface area contributed by atoms with Gasteiger partial charge in [-0.25, -0.2) is 14.2 Å². The zero-order valence-corrected chi connectivity index (χ0v) is 11.0. The van der Waals surface area contributed by atoms with Crippen molar-refractivity contribution in [1.82, 2.24) is 9.55 Å². The quantitative estimate of drug-likeness (QED) is 0.924. The van der Waals surface area contributed by atoms with Crippen molar-refractivity contribution in [3.8, 4) is 11.3 Å². The molecule has 19 heavy (non-hydrogen) atoms. The van der Waals surface area contributed by atoms with Gasteiger partial charge in [-0.1, -0.05) is 13.8 Å². The van der Waals surface area contributed by atoms with Crippen LogP contribution in [0.3, 0.4) is 0 Å². The second-order valence-electron chi connectivity index (χ2n) is 4.69. The topological polar surface area (TPSA) is 55.1 Å². The van der Waals surface area contributed by atoms with E-state index in [2.05, 4.69) is 4.98 Å². The molecule has 2 aromatic rings. The standard InChI is InChI=1S/C14H15FN2O2/c1-8(2)13-16-11(12(14(18)19)17(13)3)9-4-6-10(15)7-5-9/h4-8H,1-3H3,(H,18,19). The Balaban J connectivity index is 2.65. The predicted molar refractivity (Wildman–Crippen MR) is 69.7 cm³/mol. The van der Waals surface area contributed by atoms with E-state index in [1.54, 1.807) is 11.6 Å². The monoisotopic (exact) mass is 262 g/mol. The van der Waals surface area contributed by atoms with Gasteiger partial charge in [-0.15, -0.1) is 0 Å². The van der Waals surface area contributed by atoms with Crippen molar-refractivity contribution in [1.29, 1.82) is 0 Å². The summed E-state index contributed by atoms with van der Waals surface area (Å²) >= 11 is 0. The number of halogens is 1. The molecule has 0 fully saturated rings. The molecule has 0 unspecified atom stereocenters. The van der Waals surface area contributed by atoms with Crippen molar-refractivity contribution >= 4 is 5.97 Å². The van der Waals surface area contributed by atoms with Gasteiger partial charge in [0, 0.05) is 18.5 Å². The van der Waals surface area contributed by atoms with Crippen LogP contribution in [0.25, 0.3) is 11.3 Å². The molecular weight excluding hydrogens is 247 g/mol. The summed E-state index contributed by atoms with van der Waals surface area (Å²) in [4.78, 5) is 15.8. The minimum absolute atomic E-state index is 0.109. The first kappa shape index (κ1) is 13.3. The van der Waals surface area contributed by atoms with Gasteiger partial charge in [0.15, 0.2) is 5.69 Å². The largest absolute Gasteiger partial charge is 0.477 e. The van der Waals surface area contributed by atoms with Crippen molar-refractivity contribution in [2.24, 2.45) is 7.05 Å². The Kier molecular flexibility index (Phi) is 3.38. The van der Waals surface area contributed by atoms with Gasteiger partial charge in [0.1, 0.15) is 17.3 Å². The average Bonchev–Trinajstić information content (AvgIpc) is 2.68. The maximum absolute atomic E-state index is 12.9. The third-order valence-electron chi connectivity index (χ3n) is 2.97. The first-order chi connectivity index (χ1) is 8.91. The molecule has 2 rings (SSSR count). The van der Waals surface area contributed by atoms with Crippen LogP contribution in [0.5, 0.6) is 0 Å². The molecule has 0 spiro atoms. The smallest absolute Gasteiger partial charge is 0.354 e. The van der Waals surface area contributed by atoms with E-state index in [9.17, 15) is 14.3 Å². The zero-order valence-electron chi connectivity index (χ0n) is 11.0. The van der Waals surface area contributed by atoms with Crippen LogP contribution in [0.1, 0.15) is 36.1 Å². The molecule has 1 heterocycles. The van der Waals surface area contributed by atoms with Crippen LogP contribution in [0.15, 0.2) is 24.3 Å². The van der Waals surface area contributed by atoms with E-state index < -0.39 is 5.97 Å². The van der Waals surface area contributed by atoms with Gasteiger partial charge in [0.25, 0.3) is 0 Å². The lowest BCUT2D eigenvalue weighted by atomic mass is 10.1. The first-order valence-corrected chi connectivity index (χ1v) is 5.97. The number of hydrogen-bond donors (Lipinski definition) is 1. The number of nitrogens with zero attached hydrogens (tertiary/aromatic N) is 2. The molecule has 1 N–H and O–H groups in total. The molecule has 0 aliphatic rings. The number of imidazole rings is 1. The van der Waals surface area contributed by atoms with Crippen molar-refractivity contribution < 1.29 is 14.3 Å². The van der Waals surface area contributed by atoms with E-state index in [1.807, 2.05) is 13.8 Å². The number of hydrogen-bond acceptors (Lipinski definition) is 2. The number of rotatable bonds is 3. The van der Waals surface area contributed by atoms with E-state index in [-0.39, 0.29) is 17.4 Å². The highest BCUT2D eigenvalue weighted by atomic mass is 19.1. The van der Waals surface area contributed by atoms with E-state index in [0.717, 1.165) is 0 Å². The maximum Gasteiger partial charge on any atom is 0.354 e. The summed E-state index contributed by atoms with van der Waals surface area (Å²) in [6, 6.07) is 5.66. The minimum Gasteiger partial charge on any atom is -0.477 e. The number of benzene rings is 1. The third-order valence-corrected chi connectivity index (χ3v) is 2.97. The van der Waals surface area contributed by atoms with Crippen LogP contribution in [0.4, 0.5) is 4.39 Å². The second-order valence-corrected chi connectivity index (χ2v) is 4.69. The fraction of sp³-hybridized carbons (Fsp3) is 0.286. The van der Waals surface area contributed by atoms with E-state index >= 15 is 0 Å². The molecule has 5 heteroatoms. The molecule has 1 aromatic carbocycles. The Hall–Kier alpha value is -2.17. The van der Waals surface area contributed by atoms with Gasteiger partial charge in [-0.05, 0) is 24.3 Å². The van der Waals surface area contributed by atoms with E-state index in [1.165, 1.54) is 24.3 Å². The van der Waals surface area contributed by atoms with Gasteiger partial charge in [-0.2, -0.15) is 0 Å². The van der Waals surface area contributed by atoms with Gasteiger partial charge in [0.2, 0.25) is 0 Å². The van der Waals surface area contributed by atoms with Crippen molar-refractivity contribution in [2.75, 3.05) is 0 Å². The lowest BCUT2D eigenvalue weighted by Gasteiger charge is -2.05. The number of aromatic carboxylic acids is 1. The van der Waals surface area contributed by atoms with Crippen LogP contribution in [0, 0.1) is 5.82 Å². The fourth-order valence-electron chi connectivity index (χ4n) is 2.09. The number of aromatic nitrogens is 2. The molecule has 0 aliphatic carbocycles. The molecule has 0 saturated heterocycles. The summed E-state index contributed by atoms with van der Waals surface area (Å²) in [6.45, 7) is 3.89. The summed E-state index contributed by atoms with van der Waals surface area (Å²) in [5.41, 5.74) is 1.09. The summed E-state index contributed by atoms with van der Waals surface area (Å²) in [5, 5.41) is 9.32. The van der Waals surface area contributed by atoms with E-state index in [0.29, 0.717) is 17.1 Å². The lowest BCUT2D eigenvalue weighted by Crippen LogP contribution is -2.08. The molecule has 0 bridgehead atoms. The highest BCUT2D eigenvalue weighted by Gasteiger charge is 2.22. The Morgan fingerprint density at radius 2 is 1.89 bits per heavy atom. The summed E-state index contributed by atoms with van der Waals surface area (Å²) in [5.74, 6) is -0.601. The SMILES string of the molecule is CC(C)c1nc(-c2ccc(F)cc2)c(C(=O)O)n1C. The van der Waals surface area contributed by atoms with E-state index in [4.69, 9.17) is 0 Å². The van der Waals surface area contributed by atoms with Crippen LogP contribution >= 0.6 is 0 Å². The third kappa shape index (κ3) is 2.36. The molecule has 0 atom stereocenters. The predicted octanol–water partition coefficient (Wildman–Crippen LogP) is 3.05. The lowest BCUT2D eigenvalue weighted by molar-refractivity contribution is 0.0687. The average molecular weight is 262 g/mol. The van der Waals surface area contributed by atoms with Crippen molar-refractivity contribution in [3.05, 3.63) is 41.6 Å². The van der Waals surface area contributed by atoms with Crippen LogP contribution in [-0.4, -0.2) is 20.6 Å². The van der Waals surface area contributed by atoms with Crippen LogP contribution in [-0.2, 0) is 7.05 Å². The second kappa shape index (κ2) is 4.84. The molecule has 100 valence electrons. The minimum atomic E-state index is -1.04. The molecular formula is C14H15FN2O2. The van der Waals surface area contributed by atoms with Crippen molar-refractivity contribution in [3.63, 3.8) is 0 Å². The Bertz CT molecular complexity index is 615. The molecule has 0 aliphatic heterocycles. The molecule has 4 nitrogen and oxygen atoms in total. The maximum atomic E-state index is 12.9. The molecule has 0 saturated carbocycles. The Morgan fingerprint density at radius 3 is 2.37 bits per heavy atom. The normalized spacial score (nSPS) is 11.0. The van der Waals surface area contributed by atoms with Gasteiger partial charge < -0.3 is 9.67 Å².